The summed E-state index contributed by atoms with van der Waals surface area (Å²) in [6, 6.07) is 17.9. The molecule has 3 aromatic rings. The van der Waals surface area contributed by atoms with Crippen molar-refractivity contribution in [2.75, 3.05) is 11.9 Å². The molecule has 5 heteroatoms. The molecule has 0 unspecified atom stereocenters. The number of aromatic nitrogens is 2. The molecule has 0 saturated carbocycles. The van der Waals surface area contributed by atoms with E-state index >= 15 is 0 Å². The lowest BCUT2D eigenvalue weighted by molar-refractivity contribution is 0.0950. The first-order valence-electron chi connectivity index (χ1n) is 8.08. The van der Waals surface area contributed by atoms with Gasteiger partial charge in [-0.1, -0.05) is 48.0 Å². The van der Waals surface area contributed by atoms with E-state index < -0.39 is 0 Å². The van der Waals surface area contributed by atoms with E-state index in [4.69, 9.17) is 0 Å². The van der Waals surface area contributed by atoms with Crippen molar-refractivity contribution in [2.45, 2.75) is 13.5 Å². The Morgan fingerprint density at radius 3 is 2.44 bits per heavy atom. The van der Waals surface area contributed by atoms with Crippen LogP contribution in [0.2, 0.25) is 0 Å². The van der Waals surface area contributed by atoms with Gasteiger partial charge in [-0.2, -0.15) is 0 Å². The molecule has 0 bridgehead atoms. The number of carbonyl (C=O) groups is 1. The number of hydrogen-bond donors (Lipinski definition) is 1. The van der Waals surface area contributed by atoms with Gasteiger partial charge in [0.2, 0.25) is 5.95 Å². The Labute approximate surface area is 147 Å². The third kappa shape index (κ3) is 4.20. The first-order valence-corrected chi connectivity index (χ1v) is 8.08. The van der Waals surface area contributed by atoms with Crippen molar-refractivity contribution in [3.05, 3.63) is 83.7 Å². The summed E-state index contributed by atoms with van der Waals surface area (Å²) < 4.78 is 0. The summed E-state index contributed by atoms with van der Waals surface area (Å²) in [4.78, 5) is 22.7. The van der Waals surface area contributed by atoms with Crippen LogP contribution < -0.4 is 10.2 Å². The molecule has 25 heavy (non-hydrogen) atoms. The number of nitrogens with zero attached hydrogens (tertiary/aromatic N) is 3. The van der Waals surface area contributed by atoms with E-state index in [2.05, 4.69) is 21.4 Å². The Hall–Kier alpha value is -3.21. The summed E-state index contributed by atoms with van der Waals surface area (Å²) in [5.74, 6) is 0.358. The van der Waals surface area contributed by atoms with Crippen molar-refractivity contribution >= 4 is 17.5 Å². The lowest BCUT2D eigenvalue weighted by Gasteiger charge is -2.16. The zero-order valence-electron chi connectivity index (χ0n) is 14.3. The van der Waals surface area contributed by atoms with Gasteiger partial charge in [0.05, 0.1) is 5.56 Å². The predicted molar refractivity (Wildman–Crippen MR) is 98.9 cm³/mol. The maximum atomic E-state index is 12.2. The second-order valence-corrected chi connectivity index (χ2v) is 5.84. The van der Waals surface area contributed by atoms with Gasteiger partial charge in [-0.25, -0.2) is 9.97 Å². The van der Waals surface area contributed by atoms with Gasteiger partial charge in [-0.05, 0) is 24.6 Å². The first-order chi connectivity index (χ1) is 12.1. The van der Waals surface area contributed by atoms with Crippen LogP contribution in [0.4, 0.5) is 11.6 Å². The monoisotopic (exact) mass is 332 g/mol. The molecule has 1 amide bonds. The molecule has 0 aliphatic heterocycles. The summed E-state index contributed by atoms with van der Waals surface area (Å²) in [6.07, 6.45) is 3.10. The molecule has 0 spiro atoms. The van der Waals surface area contributed by atoms with Gasteiger partial charge in [0.25, 0.3) is 5.91 Å². The second kappa shape index (κ2) is 7.57. The number of carbonyl (C=O) groups excluding carboxylic acids is 1. The number of anilines is 2. The second-order valence-electron chi connectivity index (χ2n) is 5.84. The molecular formula is C20H20N4O. The van der Waals surface area contributed by atoms with E-state index in [0.717, 1.165) is 11.3 Å². The number of amides is 1. The molecule has 0 aliphatic carbocycles. The minimum absolute atomic E-state index is 0.185. The first kappa shape index (κ1) is 16.6. The van der Waals surface area contributed by atoms with Crippen molar-refractivity contribution in [1.29, 1.82) is 0 Å². The Bertz CT molecular complexity index is 847. The smallest absolute Gasteiger partial charge is 0.254 e. The predicted octanol–water partition coefficient (Wildman–Crippen LogP) is 3.48. The van der Waals surface area contributed by atoms with E-state index in [1.165, 1.54) is 5.56 Å². The average Bonchev–Trinajstić information content (AvgIpc) is 2.66. The quantitative estimate of drug-likeness (QED) is 0.777. The molecule has 0 aliphatic rings. The van der Waals surface area contributed by atoms with E-state index in [1.54, 1.807) is 12.4 Å². The van der Waals surface area contributed by atoms with Crippen LogP contribution in [0.3, 0.4) is 0 Å². The van der Waals surface area contributed by atoms with Gasteiger partial charge in [-0.15, -0.1) is 0 Å². The Balaban J connectivity index is 1.64. The fraction of sp³-hybridized carbons (Fsp3) is 0.150. The summed E-state index contributed by atoms with van der Waals surface area (Å²) in [6.45, 7) is 2.51. The summed E-state index contributed by atoms with van der Waals surface area (Å²) in [7, 11) is 1.89. The number of nitrogens with one attached hydrogen (secondary N) is 1. The van der Waals surface area contributed by atoms with E-state index in [9.17, 15) is 4.79 Å². The van der Waals surface area contributed by atoms with Crippen molar-refractivity contribution in [1.82, 2.24) is 15.3 Å². The summed E-state index contributed by atoms with van der Waals surface area (Å²) >= 11 is 0. The van der Waals surface area contributed by atoms with Crippen molar-refractivity contribution < 1.29 is 4.79 Å². The molecule has 0 fully saturated rings. The van der Waals surface area contributed by atoms with E-state index in [1.807, 2.05) is 67.4 Å². The third-order valence-corrected chi connectivity index (χ3v) is 3.88. The van der Waals surface area contributed by atoms with Gasteiger partial charge in [0.1, 0.15) is 0 Å². The highest BCUT2D eigenvalue weighted by Crippen LogP contribution is 2.18. The topological polar surface area (TPSA) is 58.1 Å². The Kier molecular flexibility index (Phi) is 5.04. The van der Waals surface area contributed by atoms with Gasteiger partial charge in [0.15, 0.2) is 0 Å². The standard InChI is InChI=1S/C20H20N4O/c1-15-7-6-8-16(11-15)12-21-19(25)17-13-22-20(23-14-17)24(2)18-9-4-3-5-10-18/h3-11,13-14H,12H2,1-2H3,(H,21,25). The number of para-hydroxylation sites is 1. The number of benzene rings is 2. The molecule has 3 rings (SSSR count). The molecule has 0 radical (unpaired) electrons. The Morgan fingerprint density at radius 1 is 1.04 bits per heavy atom. The van der Waals surface area contributed by atoms with Crippen molar-refractivity contribution in [3.8, 4) is 0 Å². The van der Waals surface area contributed by atoms with Gasteiger partial charge >= 0.3 is 0 Å². The number of rotatable bonds is 5. The lowest BCUT2D eigenvalue weighted by Crippen LogP contribution is -2.23. The highest BCUT2D eigenvalue weighted by atomic mass is 16.1. The fourth-order valence-electron chi connectivity index (χ4n) is 2.49. The maximum Gasteiger partial charge on any atom is 0.254 e. The largest absolute Gasteiger partial charge is 0.348 e. The fourth-order valence-corrected chi connectivity index (χ4v) is 2.49. The zero-order chi connectivity index (χ0) is 17.6. The van der Waals surface area contributed by atoms with Crippen LogP contribution >= 0.6 is 0 Å². The third-order valence-electron chi connectivity index (χ3n) is 3.88. The van der Waals surface area contributed by atoms with Gasteiger partial charge < -0.3 is 10.2 Å². The van der Waals surface area contributed by atoms with Crippen LogP contribution in [0, 0.1) is 6.92 Å². The minimum Gasteiger partial charge on any atom is -0.348 e. The van der Waals surface area contributed by atoms with E-state index in [0.29, 0.717) is 18.1 Å². The van der Waals surface area contributed by atoms with Crippen LogP contribution in [0.1, 0.15) is 21.5 Å². The Morgan fingerprint density at radius 2 is 1.76 bits per heavy atom. The normalized spacial score (nSPS) is 10.3. The maximum absolute atomic E-state index is 12.2. The lowest BCUT2D eigenvalue weighted by atomic mass is 10.1. The molecule has 0 saturated heterocycles. The van der Waals surface area contributed by atoms with Crippen LogP contribution in [0.15, 0.2) is 67.0 Å². The number of aryl methyl sites for hydroxylation is 1. The molecular weight excluding hydrogens is 312 g/mol. The van der Waals surface area contributed by atoms with Crippen LogP contribution in [-0.2, 0) is 6.54 Å². The molecule has 0 atom stereocenters. The molecule has 1 aromatic heterocycles. The number of hydrogen-bond acceptors (Lipinski definition) is 4. The van der Waals surface area contributed by atoms with Crippen molar-refractivity contribution in [2.24, 2.45) is 0 Å². The molecule has 2 aromatic carbocycles. The summed E-state index contributed by atoms with van der Waals surface area (Å²) in [5, 5.41) is 2.89. The van der Waals surface area contributed by atoms with Gasteiger partial charge in [0, 0.05) is 31.7 Å². The minimum atomic E-state index is -0.185. The van der Waals surface area contributed by atoms with Crippen LogP contribution in [-0.4, -0.2) is 22.9 Å². The van der Waals surface area contributed by atoms with Crippen LogP contribution in [0.5, 0.6) is 0 Å². The zero-order valence-corrected chi connectivity index (χ0v) is 14.3. The van der Waals surface area contributed by atoms with Crippen LogP contribution in [0.25, 0.3) is 0 Å². The SMILES string of the molecule is Cc1cccc(CNC(=O)c2cnc(N(C)c3ccccc3)nc2)c1. The molecule has 126 valence electrons. The van der Waals surface area contributed by atoms with E-state index in [-0.39, 0.29) is 5.91 Å². The molecule has 1 heterocycles. The highest BCUT2D eigenvalue weighted by molar-refractivity contribution is 5.93. The average molecular weight is 332 g/mol. The van der Waals surface area contributed by atoms with Crippen molar-refractivity contribution in [3.63, 3.8) is 0 Å². The molecule has 1 N–H and O–H groups in total. The molecule has 5 nitrogen and oxygen atoms in total. The highest BCUT2D eigenvalue weighted by Gasteiger charge is 2.10. The summed E-state index contributed by atoms with van der Waals surface area (Å²) in [5.41, 5.74) is 3.66. The van der Waals surface area contributed by atoms with Gasteiger partial charge in [-0.3, -0.25) is 4.79 Å².